The lowest BCUT2D eigenvalue weighted by molar-refractivity contribution is -0.137. The Hall–Kier alpha value is -1.10. The topological polar surface area (TPSA) is 77.8 Å². The Kier molecular flexibility index (Phi) is 11.0. The van der Waals surface area contributed by atoms with Crippen molar-refractivity contribution in [2.45, 2.75) is 76.9 Å². The van der Waals surface area contributed by atoms with Gasteiger partial charge in [-0.15, -0.1) is 11.6 Å². The van der Waals surface area contributed by atoms with Gasteiger partial charge in [-0.1, -0.05) is 42.9 Å². The van der Waals surface area contributed by atoms with Gasteiger partial charge < -0.3 is 15.3 Å². The van der Waals surface area contributed by atoms with E-state index in [9.17, 15) is 15.0 Å². The highest BCUT2D eigenvalue weighted by molar-refractivity contribution is 6.21. The Morgan fingerprint density at radius 3 is 2.63 bits per heavy atom. The molecule has 0 aromatic heterocycles. The minimum atomic E-state index is -0.772. The van der Waals surface area contributed by atoms with Crippen LogP contribution in [0, 0.1) is 17.8 Å². The number of allylic oxidation sites excluding steroid dienone is 4. The molecular formula is C22H35ClO4. The summed E-state index contributed by atoms with van der Waals surface area (Å²) in [5, 5.41) is 29.2. The number of hydrogen-bond donors (Lipinski definition) is 3. The Balaban J connectivity index is 2.58. The zero-order valence-electron chi connectivity index (χ0n) is 16.7. The Morgan fingerprint density at radius 1 is 1.30 bits per heavy atom. The first-order valence-corrected chi connectivity index (χ1v) is 10.3. The third-order valence-corrected chi connectivity index (χ3v) is 5.72. The van der Waals surface area contributed by atoms with Crippen LogP contribution in [0.15, 0.2) is 36.0 Å². The molecule has 0 heterocycles. The second kappa shape index (κ2) is 12.4. The van der Waals surface area contributed by atoms with Gasteiger partial charge in [0.05, 0.1) is 12.2 Å². The number of unbranched alkanes of at least 4 members (excludes halogenated alkanes) is 1. The lowest BCUT2D eigenvalue weighted by Gasteiger charge is -2.20. The van der Waals surface area contributed by atoms with Crippen molar-refractivity contribution in [3.8, 4) is 0 Å². The molecule has 0 bridgehead atoms. The molecule has 0 spiro atoms. The monoisotopic (exact) mass is 398 g/mol. The van der Waals surface area contributed by atoms with E-state index < -0.39 is 18.2 Å². The summed E-state index contributed by atoms with van der Waals surface area (Å²) in [6.07, 6.45) is 12.5. The first-order valence-electron chi connectivity index (χ1n) is 9.91. The number of aliphatic carboxylic acids is 1. The Labute approximate surface area is 168 Å². The van der Waals surface area contributed by atoms with Crippen molar-refractivity contribution in [2.24, 2.45) is 17.8 Å². The van der Waals surface area contributed by atoms with Crippen molar-refractivity contribution in [2.75, 3.05) is 0 Å². The van der Waals surface area contributed by atoms with Gasteiger partial charge in [0.2, 0.25) is 0 Å². The van der Waals surface area contributed by atoms with Gasteiger partial charge in [0, 0.05) is 17.7 Å². The van der Waals surface area contributed by atoms with Gasteiger partial charge in [0.1, 0.15) is 0 Å². The van der Waals surface area contributed by atoms with Crippen molar-refractivity contribution in [3.05, 3.63) is 36.0 Å². The minimum Gasteiger partial charge on any atom is -0.481 e. The number of hydrogen-bond acceptors (Lipinski definition) is 3. The Bertz CT molecular complexity index is 536. The number of halogens is 1. The molecule has 1 aliphatic rings. The fourth-order valence-corrected chi connectivity index (χ4v) is 3.85. The van der Waals surface area contributed by atoms with Crippen LogP contribution >= 0.6 is 11.6 Å². The maximum absolute atomic E-state index is 10.5. The highest BCUT2D eigenvalue weighted by Crippen LogP contribution is 2.39. The summed E-state index contributed by atoms with van der Waals surface area (Å²) in [7, 11) is 0. The molecule has 0 amide bonds. The van der Waals surface area contributed by atoms with Crippen LogP contribution in [0.3, 0.4) is 0 Å². The molecule has 0 aromatic rings. The average Bonchev–Trinajstić information content (AvgIpc) is 2.86. The van der Waals surface area contributed by atoms with Gasteiger partial charge in [-0.25, -0.2) is 0 Å². The standard InChI is InChI=1S/C22H35ClO4/c1-15(2)10-11-16(3)20(24)13-12-18-17(19(23)14-21(18)25)8-6-4-5-7-9-22(26)27/h4,6,10,12-13,16-21,24-25H,5,7-9,11,14H2,1-3H3,(H,26,27)/b6-4-,13-12+/t16?,17-,18-,19+,20-,21-/m1/s1. The van der Waals surface area contributed by atoms with Crippen molar-refractivity contribution in [3.63, 3.8) is 0 Å². The molecule has 1 unspecified atom stereocenters. The van der Waals surface area contributed by atoms with Crippen LogP contribution < -0.4 is 0 Å². The van der Waals surface area contributed by atoms with Crippen LogP contribution in [0.1, 0.15) is 59.3 Å². The molecule has 5 heteroatoms. The summed E-state index contributed by atoms with van der Waals surface area (Å²) in [6.45, 7) is 6.11. The molecule has 3 N–H and O–H groups in total. The zero-order chi connectivity index (χ0) is 20.4. The summed E-state index contributed by atoms with van der Waals surface area (Å²) >= 11 is 6.44. The number of rotatable bonds is 11. The number of carbonyl (C=O) groups is 1. The minimum absolute atomic E-state index is 0.0681. The van der Waals surface area contributed by atoms with Gasteiger partial charge in [-0.05, 0) is 57.8 Å². The molecular weight excluding hydrogens is 364 g/mol. The predicted octanol–water partition coefficient (Wildman–Crippen LogP) is 4.70. The van der Waals surface area contributed by atoms with E-state index >= 15 is 0 Å². The number of aliphatic hydroxyl groups excluding tert-OH is 2. The van der Waals surface area contributed by atoms with Gasteiger partial charge >= 0.3 is 5.97 Å². The second-order valence-corrected chi connectivity index (χ2v) is 8.48. The van der Waals surface area contributed by atoms with Crippen LogP contribution in [-0.4, -0.2) is 38.9 Å². The van der Waals surface area contributed by atoms with Crippen molar-refractivity contribution in [1.29, 1.82) is 0 Å². The van der Waals surface area contributed by atoms with Crippen LogP contribution in [-0.2, 0) is 4.79 Å². The predicted molar refractivity (Wildman–Crippen MR) is 111 cm³/mol. The summed E-state index contributed by atoms with van der Waals surface area (Å²) in [5.41, 5.74) is 1.24. The molecule has 1 rings (SSSR count). The molecule has 4 nitrogen and oxygen atoms in total. The lowest BCUT2D eigenvalue weighted by Crippen LogP contribution is -2.20. The summed E-state index contributed by atoms with van der Waals surface area (Å²) in [4.78, 5) is 10.5. The number of carboxylic acid groups (broad SMARTS) is 1. The van der Waals surface area contributed by atoms with Crippen LogP contribution in [0.2, 0.25) is 0 Å². The third-order valence-electron chi connectivity index (χ3n) is 5.22. The molecule has 1 fully saturated rings. The smallest absolute Gasteiger partial charge is 0.303 e. The maximum atomic E-state index is 10.5. The van der Waals surface area contributed by atoms with Gasteiger partial charge in [-0.3, -0.25) is 4.79 Å². The van der Waals surface area contributed by atoms with E-state index in [1.54, 1.807) is 6.08 Å². The molecule has 27 heavy (non-hydrogen) atoms. The van der Waals surface area contributed by atoms with E-state index in [0.29, 0.717) is 12.8 Å². The van der Waals surface area contributed by atoms with Gasteiger partial charge in [0.25, 0.3) is 0 Å². The molecule has 0 aliphatic heterocycles. The lowest BCUT2D eigenvalue weighted by atomic mass is 9.89. The largest absolute Gasteiger partial charge is 0.481 e. The molecule has 1 saturated carbocycles. The van der Waals surface area contributed by atoms with Crippen LogP contribution in [0.4, 0.5) is 0 Å². The van der Waals surface area contributed by atoms with E-state index in [2.05, 4.69) is 6.08 Å². The van der Waals surface area contributed by atoms with Crippen molar-refractivity contribution in [1.82, 2.24) is 0 Å². The van der Waals surface area contributed by atoms with Crippen LogP contribution in [0.25, 0.3) is 0 Å². The first-order chi connectivity index (χ1) is 12.7. The van der Waals surface area contributed by atoms with E-state index in [-0.39, 0.29) is 29.6 Å². The highest BCUT2D eigenvalue weighted by Gasteiger charge is 2.39. The Morgan fingerprint density at radius 2 is 2.00 bits per heavy atom. The zero-order valence-corrected chi connectivity index (χ0v) is 17.5. The van der Waals surface area contributed by atoms with E-state index in [0.717, 1.165) is 19.3 Å². The SMILES string of the molecule is CC(C)=CCC(C)[C@H](O)/C=C/[C@@H]1[C@@H](C/C=C\CCCC(=O)O)[C@@H](Cl)C[C@H]1O. The molecule has 154 valence electrons. The molecule has 1 aliphatic carbocycles. The van der Waals surface area contributed by atoms with Crippen LogP contribution in [0.5, 0.6) is 0 Å². The van der Waals surface area contributed by atoms with E-state index in [4.69, 9.17) is 16.7 Å². The summed E-state index contributed by atoms with van der Waals surface area (Å²) < 4.78 is 0. The molecule has 0 saturated heterocycles. The summed E-state index contributed by atoms with van der Waals surface area (Å²) in [6, 6.07) is 0. The summed E-state index contributed by atoms with van der Waals surface area (Å²) in [5.74, 6) is -0.602. The van der Waals surface area contributed by atoms with E-state index in [1.165, 1.54) is 5.57 Å². The van der Waals surface area contributed by atoms with Gasteiger partial charge in [-0.2, -0.15) is 0 Å². The van der Waals surface area contributed by atoms with E-state index in [1.807, 2.05) is 39.0 Å². The fraction of sp³-hybridized carbons (Fsp3) is 0.682. The number of alkyl halides is 1. The van der Waals surface area contributed by atoms with Gasteiger partial charge in [0.15, 0.2) is 0 Å². The van der Waals surface area contributed by atoms with Crippen molar-refractivity contribution < 1.29 is 20.1 Å². The normalized spacial score (nSPS) is 27.9. The molecule has 0 radical (unpaired) electrons. The molecule has 6 atom stereocenters. The fourth-order valence-electron chi connectivity index (χ4n) is 3.40. The second-order valence-electron chi connectivity index (χ2n) is 7.92. The third kappa shape index (κ3) is 9.09. The first kappa shape index (κ1) is 23.9. The number of carboxylic acids is 1. The van der Waals surface area contributed by atoms with Crippen molar-refractivity contribution >= 4 is 17.6 Å². The number of aliphatic hydroxyl groups is 2. The maximum Gasteiger partial charge on any atom is 0.303 e. The average molecular weight is 399 g/mol. The highest BCUT2D eigenvalue weighted by atomic mass is 35.5. The molecule has 0 aromatic carbocycles. The quantitative estimate of drug-likeness (QED) is 0.268.